The number of carboxylic acid groups (broad SMARTS) is 1. The van der Waals surface area contributed by atoms with E-state index in [2.05, 4.69) is 15.4 Å². The van der Waals surface area contributed by atoms with Gasteiger partial charge in [0.15, 0.2) is 0 Å². The molecule has 0 saturated carbocycles. The number of carboxylic acids is 1. The minimum Gasteiger partial charge on any atom is -0.475 e. The minimum atomic E-state index is -5.08. The lowest BCUT2D eigenvalue weighted by Gasteiger charge is -2.31. The number of hydrogen-bond acceptors (Lipinski definition) is 6. The van der Waals surface area contributed by atoms with Crippen LogP contribution in [-0.2, 0) is 14.8 Å². The van der Waals surface area contributed by atoms with Crippen molar-refractivity contribution in [3.8, 4) is 0 Å². The second-order valence-electron chi connectivity index (χ2n) is 8.24. The molecule has 0 bridgehead atoms. The van der Waals surface area contributed by atoms with E-state index >= 15 is 0 Å². The maximum absolute atomic E-state index is 13.5. The fraction of sp³-hybridized carbons (Fsp3) is 0.391. The normalized spacial score (nSPS) is 14.7. The molecular formula is C23H27ClF4N4O5S. The second kappa shape index (κ2) is 13.1. The van der Waals surface area contributed by atoms with E-state index in [9.17, 15) is 30.8 Å². The first kappa shape index (κ1) is 31.1. The quantitative estimate of drug-likeness (QED) is 0.365. The van der Waals surface area contributed by atoms with Crippen LogP contribution in [0.15, 0.2) is 41.3 Å². The first-order chi connectivity index (χ1) is 17.7. The van der Waals surface area contributed by atoms with Crippen molar-refractivity contribution in [1.82, 2.24) is 10.6 Å². The highest BCUT2D eigenvalue weighted by Gasteiger charge is 2.38. The molecule has 1 aliphatic rings. The minimum absolute atomic E-state index is 0.0122. The molecule has 0 radical (unpaired) electrons. The smallest absolute Gasteiger partial charge is 0.475 e. The molecular weight excluding hydrogens is 556 g/mol. The first-order valence-electron chi connectivity index (χ1n) is 11.3. The van der Waals surface area contributed by atoms with Gasteiger partial charge in [0, 0.05) is 37.8 Å². The molecule has 2 aromatic carbocycles. The zero-order valence-electron chi connectivity index (χ0n) is 20.4. The Morgan fingerprint density at radius 1 is 1.16 bits per heavy atom. The van der Waals surface area contributed by atoms with Crippen LogP contribution in [0, 0.1) is 5.82 Å². The molecule has 2 aromatic rings. The number of nitrogens with one attached hydrogen (secondary N) is 3. The number of piperazine rings is 1. The van der Waals surface area contributed by atoms with Crippen LogP contribution in [0.3, 0.4) is 0 Å². The van der Waals surface area contributed by atoms with E-state index in [-0.39, 0.29) is 27.6 Å². The summed E-state index contributed by atoms with van der Waals surface area (Å²) < 4.78 is 73.8. The molecule has 1 amide bonds. The highest BCUT2D eigenvalue weighted by molar-refractivity contribution is 7.92. The van der Waals surface area contributed by atoms with Crippen molar-refractivity contribution in [3.05, 3.63) is 52.8 Å². The molecule has 4 N–H and O–H groups in total. The van der Waals surface area contributed by atoms with Crippen molar-refractivity contribution in [3.63, 3.8) is 0 Å². The summed E-state index contributed by atoms with van der Waals surface area (Å²) in [5.74, 6) is -3.75. The Labute approximate surface area is 222 Å². The number of rotatable bonds is 7. The van der Waals surface area contributed by atoms with Crippen LogP contribution < -0.4 is 20.3 Å². The summed E-state index contributed by atoms with van der Waals surface area (Å²) >= 11 is 5.77. The van der Waals surface area contributed by atoms with Gasteiger partial charge in [-0.3, -0.25) is 9.52 Å². The number of anilines is 2. The predicted octanol–water partition coefficient (Wildman–Crippen LogP) is 3.85. The molecule has 1 atom stereocenters. The van der Waals surface area contributed by atoms with Crippen LogP contribution in [-0.4, -0.2) is 63.8 Å². The summed E-state index contributed by atoms with van der Waals surface area (Å²) in [5, 5.41) is 13.0. The Bertz CT molecular complexity index is 1250. The fourth-order valence-corrected chi connectivity index (χ4v) is 4.53. The van der Waals surface area contributed by atoms with Crippen molar-refractivity contribution in [2.45, 2.75) is 37.4 Å². The van der Waals surface area contributed by atoms with E-state index in [0.29, 0.717) is 24.3 Å². The third kappa shape index (κ3) is 8.74. The summed E-state index contributed by atoms with van der Waals surface area (Å²) in [6.07, 6.45) is -4.31. The highest BCUT2D eigenvalue weighted by atomic mass is 35.5. The van der Waals surface area contributed by atoms with Gasteiger partial charge < -0.3 is 20.6 Å². The monoisotopic (exact) mass is 582 g/mol. The third-order valence-corrected chi connectivity index (χ3v) is 7.05. The fourth-order valence-electron chi connectivity index (χ4n) is 3.20. The number of benzene rings is 2. The molecule has 210 valence electrons. The lowest BCUT2D eigenvalue weighted by Crippen LogP contribution is -2.43. The van der Waals surface area contributed by atoms with Crippen LogP contribution in [0.1, 0.15) is 30.6 Å². The van der Waals surface area contributed by atoms with E-state index < -0.39 is 28.0 Å². The van der Waals surface area contributed by atoms with Gasteiger partial charge in [0.05, 0.1) is 21.3 Å². The first-order valence-corrected chi connectivity index (χ1v) is 13.2. The summed E-state index contributed by atoms with van der Waals surface area (Å²) in [7, 11) is -4.06. The molecule has 1 heterocycles. The Morgan fingerprint density at radius 3 is 2.29 bits per heavy atom. The average molecular weight is 583 g/mol. The lowest BCUT2D eigenvalue weighted by atomic mass is 10.1. The maximum atomic E-state index is 13.5. The van der Waals surface area contributed by atoms with Gasteiger partial charge in [0.2, 0.25) is 0 Å². The Kier molecular flexibility index (Phi) is 10.7. The van der Waals surface area contributed by atoms with Crippen LogP contribution in [0.25, 0.3) is 0 Å². The molecule has 0 aromatic heterocycles. The van der Waals surface area contributed by atoms with Gasteiger partial charge in [-0.1, -0.05) is 18.5 Å². The van der Waals surface area contributed by atoms with Crippen molar-refractivity contribution < 1.29 is 40.7 Å². The van der Waals surface area contributed by atoms with Crippen molar-refractivity contribution >= 4 is 44.9 Å². The van der Waals surface area contributed by atoms with Gasteiger partial charge in [-0.2, -0.15) is 13.2 Å². The number of aliphatic carboxylic acids is 1. The van der Waals surface area contributed by atoms with Crippen LogP contribution in [0.2, 0.25) is 5.02 Å². The molecule has 1 unspecified atom stereocenters. The number of amides is 1. The van der Waals surface area contributed by atoms with E-state index in [1.165, 1.54) is 6.07 Å². The number of alkyl halides is 3. The van der Waals surface area contributed by atoms with Crippen molar-refractivity contribution in [2.24, 2.45) is 0 Å². The standard InChI is InChI=1S/C21H26ClFN4O3S.C2HF3O2/c1-3-14(2)25-21(28)15-4-7-20(27-10-8-24-9-11-27)19(12-15)26-31(29,30)16-5-6-18(23)17(22)13-16;3-2(4,5)1(6)7/h4-7,12-14,24,26H,3,8-11H2,1-2H3,(H,25,28);(H,6,7). The SMILES string of the molecule is CCC(C)NC(=O)c1ccc(N2CCNCC2)c(NS(=O)(=O)c2ccc(F)c(Cl)c2)c1.O=C(O)C(F)(F)F. The van der Waals surface area contributed by atoms with Gasteiger partial charge in [0.1, 0.15) is 5.82 Å². The van der Waals surface area contributed by atoms with Gasteiger partial charge >= 0.3 is 12.1 Å². The van der Waals surface area contributed by atoms with Gasteiger partial charge in [-0.15, -0.1) is 0 Å². The average Bonchev–Trinajstić information content (AvgIpc) is 2.85. The molecule has 9 nitrogen and oxygen atoms in total. The Balaban J connectivity index is 0.000000638. The summed E-state index contributed by atoms with van der Waals surface area (Å²) in [5.41, 5.74) is 1.28. The third-order valence-electron chi connectivity index (χ3n) is 5.39. The van der Waals surface area contributed by atoms with Crippen molar-refractivity contribution in [1.29, 1.82) is 0 Å². The number of nitrogens with zero attached hydrogens (tertiary/aromatic N) is 1. The predicted molar refractivity (Wildman–Crippen MR) is 135 cm³/mol. The molecule has 38 heavy (non-hydrogen) atoms. The number of hydrogen-bond donors (Lipinski definition) is 4. The van der Waals surface area contributed by atoms with Gasteiger partial charge in [0.25, 0.3) is 15.9 Å². The molecule has 3 rings (SSSR count). The Hall–Kier alpha value is -3.10. The van der Waals surface area contributed by atoms with Crippen molar-refractivity contribution in [2.75, 3.05) is 35.8 Å². The zero-order valence-corrected chi connectivity index (χ0v) is 22.0. The summed E-state index contributed by atoms with van der Waals surface area (Å²) in [4.78, 5) is 23.4. The molecule has 1 fully saturated rings. The topological polar surface area (TPSA) is 128 Å². The molecule has 1 saturated heterocycles. The van der Waals surface area contributed by atoms with Crippen LogP contribution in [0.4, 0.5) is 28.9 Å². The van der Waals surface area contributed by atoms with Gasteiger partial charge in [-0.25, -0.2) is 17.6 Å². The van der Waals surface area contributed by atoms with E-state index in [1.54, 1.807) is 12.1 Å². The van der Waals surface area contributed by atoms with Crippen LogP contribution >= 0.6 is 11.6 Å². The summed E-state index contributed by atoms with van der Waals surface area (Å²) in [6.45, 7) is 6.76. The molecule has 0 spiro atoms. The van der Waals surface area contributed by atoms with Gasteiger partial charge in [-0.05, 0) is 49.7 Å². The zero-order chi connectivity index (χ0) is 28.7. The molecule has 15 heteroatoms. The number of sulfonamides is 1. The number of halogens is 5. The van der Waals surface area contributed by atoms with E-state index in [4.69, 9.17) is 21.5 Å². The number of carbonyl (C=O) groups is 2. The highest BCUT2D eigenvalue weighted by Crippen LogP contribution is 2.31. The lowest BCUT2D eigenvalue weighted by molar-refractivity contribution is -0.192. The number of carbonyl (C=O) groups excluding carboxylic acids is 1. The van der Waals surface area contributed by atoms with E-state index in [1.807, 2.05) is 18.7 Å². The molecule has 1 aliphatic heterocycles. The summed E-state index contributed by atoms with van der Waals surface area (Å²) in [6, 6.07) is 8.15. The van der Waals surface area contributed by atoms with E-state index in [0.717, 1.165) is 37.7 Å². The maximum Gasteiger partial charge on any atom is 0.490 e. The molecule has 0 aliphatic carbocycles. The largest absolute Gasteiger partial charge is 0.490 e. The second-order valence-corrected chi connectivity index (χ2v) is 10.3. The van der Waals surface area contributed by atoms with Crippen LogP contribution in [0.5, 0.6) is 0 Å². The Morgan fingerprint density at radius 2 is 1.76 bits per heavy atom.